The van der Waals surface area contributed by atoms with Gasteiger partial charge in [0, 0.05) is 7.05 Å². The van der Waals surface area contributed by atoms with Gasteiger partial charge in [0.25, 0.3) is 5.91 Å². The van der Waals surface area contributed by atoms with Crippen molar-refractivity contribution < 1.29 is 14.0 Å². The number of carbonyl (C=O) groups excluding carboxylic acids is 1. The summed E-state index contributed by atoms with van der Waals surface area (Å²) in [6.45, 7) is 0. The number of hydrogen-bond donors (Lipinski definition) is 0. The van der Waals surface area contributed by atoms with E-state index in [9.17, 15) is 4.79 Å². The van der Waals surface area contributed by atoms with E-state index in [1.165, 1.54) is 20.4 Å². The molecule has 1 aromatic heterocycles. The van der Waals surface area contributed by atoms with Crippen LogP contribution in [0, 0.1) is 0 Å². The van der Waals surface area contributed by atoms with Crippen molar-refractivity contribution in [1.82, 2.24) is 5.06 Å². The van der Waals surface area contributed by atoms with Crippen LogP contribution < -0.4 is 0 Å². The van der Waals surface area contributed by atoms with Gasteiger partial charge in [-0.1, -0.05) is 0 Å². The number of furan rings is 1. The summed E-state index contributed by atoms with van der Waals surface area (Å²) in [6.07, 6.45) is 1.43. The van der Waals surface area contributed by atoms with Crippen LogP contribution >= 0.6 is 15.9 Å². The number of carbonyl (C=O) groups is 1. The molecule has 0 spiro atoms. The Bertz CT molecular complexity index is 284. The van der Waals surface area contributed by atoms with E-state index in [2.05, 4.69) is 15.9 Å². The number of rotatable bonds is 2. The van der Waals surface area contributed by atoms with Crippen molar-refractivity contribution in [1.29, 1.82) is 0 Å². The molecule has 0 unspecified atom stereocenters. The summed E-state index contributed by atoms with van der Waals surface area (Å²) in [6, 6.07) is 1.57. The maximum Gasteiger partial charge on any atom is 0.281 e. The van der Waals surface area contributed by atoms with Crippen molar-refractivity contribution in [2.75, 3.05) is 14.2 Å². The molecular weight excluding hydrogens is 226 g/mol. The first-order valence-corrected chi connectivity index (χ1v) is 4.01. The summed E-state index contributed by atoms with van der Waals surface area (Å²) >= 11 is 3.09. The molecule has 5 heteroatoms. The predicted octanol–water partition coefficient (Wildman–Crippen LogP) is 1.68. The van der Waals surface area contributed by atoms with Crippen LogP contribution in [0.4, 0.5) is 0 Å². The van der Waals surface area contributed by atoms with Crippen LogP contribution in [0.5, 0.6) is 0 Å². The summed E-state index contributed by atoms with van der Waals surface area (Å²) in [7, 11) is 2.95. The second kappa shape index (κ2) is 3.73. The first kappa shape index (κ1) is 9.28. The van der Waals surface area contributed by atoms with Gasteiger partial charge in [0.1, 0.15) is 0 Å². The van der Waals surface area contributed by atoms with Gasteiger partial charge in [0.15, 0.2) is 4.67 Å². The normalized spacial score (nSPS) is 9.92. The van der Waals surface area contributed by atoms with Crippen LogP contribution in [0.1, 0.15) is 10.4 Å². The van der Waals surface area contributed by atoms with Crippen molar-refractivity contribution in [2.24, 2.45) is 0 Å². The minimum Gasteiger partial charge on any atom is -0.457 e. The van der Waals surface area contributed by atoms with Gasteiger partial charge in [0.2, 0.25) is 0 Å². The predicted molar refractivity (Wildman–Crippen MR) is 45.5 cm³/mol. The first-order chi connectivity index (χ1) is 5.66. The zero-order chi connectivity index (χ0) is 9.14. The molecule has 1 heterocycles. The van der Waals surface area contributed by atoms with E-state index in [0.717, 1.165) is 5.06 Å². The van der Waals surface area contributed by atoms with Gasteiger partial charge in [-0.05, 0) is 22.0 Å². The molecule has 0 bridgehead atoms. The first-order valence-electron chi connectivity index (χ1n) is 3.22. The number of hydroxylamine groups is 2. The Morgan fingerprint density at radius 1 is 1.75 bits per heavy atom. The SMILES string of the molecule is CON(C)C(=O)c1ccoc1Br. The molecular formula is C7H8BrNO3. The van der Waals surface area contributed by atoms with Gasteiger partial charge in [0.05, 0.1) is 18.9 Å². The molecule has 0 aliphatic rings. The lowest BCUT2D eigenvalue weighted by atomic mass is 10.3. The van der Waals surface area contributed by atoms with E-state index in [1.54, 1.807) is 6.07 Å². The second-order valence-electron chi connectivity index (χ2n) is 2.09. The van der Waals surface area contributed by atoms with E-state index >= 15 is 0 Å². The molecule has 66 valence electrons. The summed E-state index contributed by atoms with van der Waals surface area (Å²) in [5.74, 6) is -0.252. The maximum atomic E-state index is 11.4. The molecule has 0 radical (unpaired) electrons. The van der Waals surface area contributed by atoms with Crippen molar-refractivity contribution in [3.05, 3.63) is 22.6 Å². The van der Waals surface area contributed by atoms with E-state index in [-0.39, 0.29) is 5.91 Å². The van der Waals surface area contributed by atoms with Crippen LogP contribution in [0.3, 0.4) is 0 Å². The van der Waals surface area contributed by atoms with Crippen molar-refractivity contribution in [3.8, 4) is 0 Å². The fraction of sp³-hybridized carbons (Fsp3) is 0.286. The van der Waals surface area contributed by atoms with Gasteiger partial charge in [-0.3, -0.25) is 9.63 Å². The quantitative estimate of drug-likeness (QED) is 0.731. The minimum atomic E-state index is -0.252. The third-order valence-corrected chi connectivity index (χ3v) is 2.02. The van der Waals surface area contributed by atoms with Crippen LogP contribution in [0.2, 0.25) is 0 Å². The van der Waals surface area contributed by atoms with E-state index in [4.69, 9.17) is 9.25 Å². The third kappa shape index (κ3) is 1.67. The number of amides is 1. The lowest BCUT2D eigenvalue weighted by molar-refractivity contribution is -0.0758. The van der Waals surface area contributed by atoms with Crippen LogP contribution in [-0.4, -0.2) is 25.1 Å². The molecule has 0 aromatic carbocycles. The Balaban J connectivity index is 2.85. The Morgan fingerprint density at radius 3 is 2.83 bits per heavy atom. The molecule has 1 rings (SSSR count). The van der Waals surface area contributed by atoms with Crippen LogP contribution in [0.25, 0.3) is 0 Å². The molecule has 12 heavy (non-hydrogen) atoms. The average Bonchev–Trinajstić information content (AvgIpc) is 2.48. The van der Waals surface area contributed by atoms with E-state index in [1.807, 2.05) is 0 Å². The highest BCUT2D eigenvalue weighted by atomic mass is 79.9. The fourth-order valence-corrected chi connectivity index (χ4v) is 1.11. The molecule has 0 N–H and O–H groups in total. The Hall–Kier alpha value is -0.810. The van der Waals surface area contributed by atoms with Gasteiger partial charge in [-0.25, -0.2) is 5.06 Å². The lowest BCUT2D eigenvalue weighted by Crippen LogP contribution is -2.25. The van der Waals surface area contributed by atoms with Crippen molar-refractivity contribution >= 4 is 21.8 Å². The molecule has 4 nitrogen and oxygen atoms in total. The second-order valence-corrected chi connectivity index (χ2v) is 2.81. The smallest absolute Gasteiger partial charge is 0.281 e. The van der Waals surface area contributed by atoms with E-state index < -0.39 is 0 Å². The number of nitrogens with zero attached hydrogens (tertiary/aromatic N) is 1. The topological polar surface area (TPSA) is 42.7 Å². The van der Waals surface area contributed by atoms with Gasteiger partial charge in [-0.2, -0.15) is 0 Å². The Kier molecular flexibility index (Phi) is 2.88. The number of hydrogen-bond acceptors (Lipinski definition) is 3. The molecule has 0 aliphatic heterocycles. The Morgan fingerprint density at radius 2 is 2.42 bits per heavy atom. The molecule has 1 amide bonds. The maximum absolute atomic E-state index is 11.4. The Labute approximate surface area is 78.2 Å². The van der Waals surface area contributed by atoms with E-state index in [0.29, 0.717) is 10.2 Å². The zero-order valence-corrected chi connectivity index (χ0v) is 8.29. The fourth-order valence-electron chi connectivity index (χ4n) is 0.699. The summed E-state index contributed by atoms with van der Waals surface area (Å²) in [5.41, 5.74) is 0.444. The zero-order valence-electron chi connectivity index (χ0n) is 6.70. The third-order valence-electron chi connectivity index (χ3n) is 1.41. The van der Waals surface area contributed by atoms with Gasteiger partial charge < -0.3 is 4.42 Å². The molecule has 0 fully saturated rings. The molecule has 1 aromatic rings. The molecule has 0 aliphatic carbocycles. The lowest BCUT2D eigenvalue weighted by Gasteiger charge is -2.11. The largest absolute Gasteiger partial charge is 0.457 e. The molecule has 0 saturated carbocycles. The molecule has 0 atom stereocenters. The average molecular weight is 234 g/mol. The molecule has 0 saturated heterocycles. The van der Waals surface area contributed by atoms with Crippen LogP contribution in [-0.2, 0) is 4.84 Å². The van der Waals surface area contributed by atoms with Gasteiger partial charge in [-0.15, -0.1) is 0 Å². The van der Waals surface area contributed by atoms with Crippen LogP contribution in [0.15, 0.2) is 21.4 Å². The van der Waals surface area contributed by atoms with Gasteiger partial charge >= 0.3 is 0 Å². The number of halogens is 1. The van der Waals surface area contributed by atoms with Crippen molar-refractivity contribution in [2.45, 2.75) is 0 Å². The standard InChI is InChI=1S/C7H8BrNO3/c1-9(11-2)7(10)5-3-4-12-6(5)8/h3-4H,1-2H3. The monoisotopic (exact) mass is 233 g/mol. The summed E-state index contributed by atoms with van der Waals surface area (Å²) < 4.78 is 5.31. The highest BCUT2D eigenvalue weighted by Gasteiger charge is 2.16. The van der Waals surface area contributed by atoms with Crippen molar-refractivity contribution in [3.63, 3.8) is 0 Å². The highest BCUT2D eigenvalue weighted by molar-refractivity contribution is 9.10. The highest BCUT2D eigenvalue weighted by Crippen LogP contribution is 2.18. The minimum absolute atomic E-state index is 0.252. The summed E-state index contributed by atoms with van der Waals surface area (Å²) in [5, 5.41) is 1.12. The summed E-state index contributed by atoms with van der Waals surface area (Å²) in [4.78, 5) is 16.1.